The third-order valence-electron chi connectivity index (χ3n) is 4.09. The van der Waals surface area contributed by atoms with Gasteiger partial charge in [0.15, 0.2) is 0 Å². The lowest BCUT2D eigenvalue weighted by Gasteiger charge is -2.08. The van der Waals surface area contributed by atoms with Crippen LogP contribution in [0.4, 0.5) is 14.5 Å². The molecule has 0 aliphatic heterocycles. The van der Waals surface area contributed by atoms with E-state index in [1.807, 2.05) is 42.8 Å². The molecule has 0 fully saturated rings. The van der Waals surface area contributed by atoms with E-state index < -0.39 is 23.2 Å². The Hall–Kier alpha value is -2.69. The Bertz CT molecular complexity index is 879. The summed E-state index contributed by atoms with van der Waals surface area (Å²) in [4.78, 5) is 12.2. The number of carbonyl (C=O) groups is 1. The van der Waals surface area contributed by atoms with Crippen LogP contribution in [0.25, 0.3) is 10.9 Å². The monoisotopic (exact) mass is 314 g/mol. The molecule has 2 aromatic carbocycles. The Morgan fingerprint density at radius 3 is 2.43 bits per heavy atom. The van der Waals surface area contributed by atoms with Crippen molar-refractivity contribution >= 4 is 22.5 Å². The summed E-state index contributed by atoms with van der Waals surface area (Å²) in [7, 11) is 1.93. The second kappa shape index (κ2) is 5.83. The van der Waals surface area contributed by atoms with Crippen LogP contribution >= 0.6 is 0 Å². The number of amides is 1. The number of hydrogen-bond donors (Lipinski definition) is 1. The van der Waals surface area contributed by atoms with Gasteiger partial charge in [0.05, 0.1) is 6.42 Å². The molecule has 0 aliphatic carbocycles. The summed E-state index contributed by atoms with van der Waals surface area (Å²) in [5.74, 6) is -2.02. The van der Waals surface area contributed by atoms with E-state index in [9.17, 15) is 13.6 Å². The molecule has 0 radical (unpaired) electrons. The Balaban J connectivity index is 1.91. The smallest absolute Gasteiger partial charge is 0.229 e. The molecule has 0 saturated heterocycles. The van der Waals surface area contributed by atoms with E-state index in [0.717, 1.165) is 34.3 Å². The molecule has 1 aromatic heterocycles. The standard InChI is InChI=1S/C18H16F2N2O/c1-11-13(12-6-3-4-9-16(12)22(11)2)10-17(23)21-18-14(19)7-5-8-15(18)20/h3-9H,10H2,1-2H3,(H,21,23). The maximum Gasteiger partial charge on any atom is 0.229 e. The summed E-state index contributed by atoms with van der Waals surface area (Å²) < 4.78 is 29.3. The highest BCUT2D eigenvalue weighted by Gasteiger charge is 2.17. The van der Waals surface area contributed by atoms with Crippen LogP contribution in [0, 0.1) is 18.6 Å². The summed E-state index contributed by atoms with van der Waals surface area (Å²) in [5, 5.41) is 3.30. The number of anilines is 1. The normalized spacial score (nSPS) is 11.0. The van der Waals surface area contributed by atoms with Crippen LogP contribution in [-0.2, 0) is 18.3 Å². The zero-order valence-electron chi connectivity index (χ0n) is 12.9. The largest absolute Gasteiger partial charge is 0.348 e. The number of para-hydroxylation sites is 2. The van der Waals surface area contributed by atoms with Crippen LogP contribution in [0.1, 0.15) is 11.3 Å². The number of rotatable bonds is 3. The van der Waals surface area contributed by atoms with Crippen LogP contribution in [0.3, 0.4) is 0 Å². The highest BCUT2D eigenvalue weighted by atomic mass is 19.1. The number of nitrogens with zero attached hydrogens (tertiary/aromatic N) is 1. The summed E-state index contributed by atoms with van der Waals surface area (Å²) in [6, 6.07) is 11.2. The predicted octanol–water partition coefficient (Wildman–Crippen LogP) is 3.95. The van der Waals surface area contributed by atoms with Gasteiger partial charge in [-0.15, -0.1) is 0 Å². The quantitative estimate of drug-likeness (QED) is 0.780. The van der Waals surface area contributed by atoms with Crippen molar-refractivity contribution in [3.63, 3.8) is 0 Å². The van der Waals surface area contributed by atoms with Crippen molar-refractivity contribution < 1.29 is 13.6 Å². The van der Waals surface area contributed by atoms with E-state index in [1.165, 1.54) is 6.07 Å². The number of fused-ring (bicyclic) bond motifs is 1. The summed E-state index contributed by atoms with van der Waals surface area (Å²) >= 11 is 0. The van der Waals surface area contributed by atoms with Crippen LogP contribution in [0.5, 0.6) is 0 Å². The Morgan fingerprint density at radius 2 is 1.74 bits per heavy atom. The van der Waals surface area contributed by atoms with Crippen LogP contribution in [-0.4, -0.2) is 10.5 Å². The van der Waals surface area contributed by atoms with Crippen molar-refractivity contribution in [3.8, 4) is 0 Å². The maximum atomic E-state index is 13.6. The highest BCUT2D eigenvalue weighted by molar-refractivity contribution is 5.96. The number of nitrogens with one attached hydrogen (secondary N) is 1. The van der Waals surface area contributed by atoms with Gasteiger partial charge in [-0.05, 0) is 30.7 Å². The molecule has 0 bridgehead atoms. The number of halogens is 2. The number of aromatic nitrogens is 1. The SMILES string of the molecule is Cc1c(CC(=O)Nc2c(F)cccc2F)c2ccccc2n1C. The van der Waals surface area contributed by atoms with Gasteiger partial charge in [-0.1, -0.05) is 24.3 Å². The third-order valence-corrected chi connectivity index (χ3v) is 4.09. The topological polar surface area (TPSA) is 34.0 Å². The van der Waals surface area contributed by atoms with E-state index >= 15 is 0 Å². The average Bonchev–Trinajstić information content (AvgIpc) is 2.77. The molecule has 1 N–H and O–H groups in total. The van der Waals surface area contributed by atoms with Crippen molar-refractivity contribution in [2.24, 2.45) is 7.05 Å². The van der Waals surface area contributed by atoms with E-state index in [4.69, 9.17) is 0 Å². The molecule has 0 atom stereocenters. The Kier molecular flexibility index (Phi) is 3.86. The van der Waals surface area contributed by atoms with Gasteiger partial charge in [0, 0.05) is 23.6 Å². The van der Waals surface area contributed by atoms with Crippen molar-refractivity contribution in [1.82, 2.24) is 4.57 Å². The molecule has 3 nitrogen and oxygen atoms in total. The maximum absolute atomic E-state index is 13.6. The fourth-order valence-corrected chi connectivity index (χ4v) is 2.78. The molecule has 5 heteroatoms. The van der Waals surface area contributed by atoms with Gasteiger partial charge in [0.1, 0.15) is 17.3 Å². The molecule has 0 aliphatic rings. The van der Waals surface area contributed by atoms with E-state index in [2.05, 4.69) is 5.32 Å². The first-order valence-corrected chi connectivity index (χ1v) is 7.25. The minimum Gasteiger partial charge on any atom is -0.348 e. The lowest BCUT2D eigenvalue weighted by Crippen LogP contribution is -2.17. The highest BCUT2D eigenvalue weighted by Crippen LogP contribution is 2.26. The van der Waals surface area contributed by atoms with Crippen molar-refractivity contribution in [2.75, 3.05) is 5.32 Å². The molecule has 23 heavy (non-hydrogen) atoms. The fraction of sp³-hybridized carbons (Fsp3) is 0.167. The van der Waals surface area contributed by atoms with Gasteiger partial charge in [0.2, 0.25) is 5.91 Å². The number of carbonyl (C=O) groups excluding carboxylic acids is 1. The molecule has 3 aromatic rings. The first-order valence-electron chi connectivity index (χ1n) is 7.25. The zero-order chi connectivity index (χ0) is 16.6. The fourth-order valence-electron chi connectivity index (χ4n) is 2.78. The van der Waals surface area contributed by atoms with E-state index in [-0.39, 0.29) is 6.42 Å². The van der Waals surface area contributed by atoms with Crippen LogP contribution in [0.2, 0.25) is 0 Å². The Labute approximate surface area is 132 Å². The first kappa shape index (κ1) is 15.2. The van der Waals surface area contributed by atoms with Crippen molar-refractivity contribution in [2.45, 2.75) is 13.3 Å². The zero-order valence-corrected chi connectivity index (χ0v) is 12.9. The molecular weight excluding hydrogens is 298 g/mol. The van der Waals surface area contributed by atoms with Crippen LogP contribution in [0.15, 0.2) is 42.5 Å². The van der Waals surface area contributed by atoms with Gasteiger partial charge in [-0.3, -0.25) is 4.79 Å². The van der Waals surface area contributed by atoms with Gasteiger partial charge in [-0.2, -0.15) is 0 Å². The number of benzene rings is 2. The van der Waals surface area contributed by atoms with Crippen molar-refractivity contribution in [1.29, 1.82) is 0 Å². The number of hydrogen-bond acceptors (Lipinski definition) is 1. The van der Waals surface area contributed by atoms with Gasteiger partial charge in [-0.25, -0.2) is 8.78 Å². The van der Waals surface area contributed by atoms with Crippen LogP contribution < -0.4 is 5.32 Å². The third kappa shape index (κ3) is 2.70. The minimum atomic E-state index is -0.784. The van der Waals surface area contributed by atoms with E-state index in [0.29, 0.717) is 0 Å². The lowest BCUT2D eigenvalue weighted by molar-refractivity contribution is -0.115. The average molecular weight is 314 g/mol. The minimum absolute atomic E-state index is 0.0565. The van der Waals surface area contributed by atoms with Crippen molar-refractivity contribution in [3.05, 3.63) is 65.4 Å². The molecule has 118 valence electrons. The molecule has 3 rings (SSSR count). The first-order chi connectivity index (χ1) is 11.0. The lowest BCUT2D eigenvalue weighted by atomic mass is 10.1. The summed E-state index contributed by atoms with van der Waals surface area (Å²) in [6.07, 6.45) is 0.0565. The Morgan fingerprint density at radius 1 is 1.09 bits per heavy atom. The van der Waals surface area contributed by atoms with Gasteiger partial charge < -0.3 is 9.88 Å². The summed E-state index contributed by atoms with van der Waals surface area (Å²) in [5.41, 5.74) is 2.42. The van der Waals surface area contributed by atoms with Gasteiger partial charge in [0.25, 0.3) is 0 Å². The van der Waals surface area contributed by atoms with Gasteiger partial charge >= 0.3 is 0 Å². The molecule has 0 spiro atoms. The van der Waals surface area contributed by atoms with E-state index in [1.54, 1.807) is 0 Å². The second-order valence-corrected chi connectivity index (χ2v) is 5.46. The molecule has 0 unspecified atom stereocenters. The molecule has 0 saturated carbocycles. The number of aryl methyl sites for hydroxylation is 1. The summed E-state index contributed by atoms with van der Waals surface area (Å²) in [6.45, 7) is 1.92. The molecule has 1 heterocycles. The molecular formula is C18H16F2N2O. The predicted molar refractivity (Wildman–Crippen MR) is 86.3 cm³/mol. The molecule has 1 amide bonds. The second-order valence-electron chi connectivity index (χ2n) is 5.46.